The highest BCUT2D eigenvalue weighted by Gasteiger charge is 2.14. The maximum atomic E-state index is 5.30. The van der Waals surface area contributed by atoms with Gasteiger partial charge in [0.05, 0.1) is 10.6 Å². The maximum Gasteiger partial charge on any atom is 0.276 e. The van der Waals surface area contributed by atoms with Crippen molar-refractivity contribution in [3.63, 3.8) is 0 Å². The van der Waals surface area contributed by atoms with Crippen molar-refractivity contribution in [2.24, 2.45) is 0 Å². The van der Waals surface area contributed by atoms with E-state index in [1.54, 1.807) is 11.3 Å². The van der Waals surface area contributed by atoms with Crippen molar-refractivity contribution in [3.8, 4) is 33.5 Å². The van der Waals surface area contributed by atoms with E-state index >= 15 is 0 Å². The van der Waals surface area contributed by atoms with E-state index in [-0.39, 0.29) is 0 Å². The van der Waals surface area contributed by atoms with E-state index in [2.05, 4.69) is 20.3 Å². The van der Waals surface area contributed by atoms with Crippen LogP contribution in [0.1, 0.15) is 0 Å². The van der Waals surface area contributed by atoms with Gasteiger partial charge in [0.15, 0.2) is 0 Å². The number of aromatic amines is 1. The van der Waals surface area contributed by atoms with Crippen molar-refractivity contribution in [2.75, 3.05) is 0 Å². The molecular weight excluding hydrogens is 284 g/mol. The summed E-state index contributed by atoms with van der Waals surface area (Å²) in [5.74, 6) is 1.03. The van der Waals surface area contributed by atoms with E-state index < -0.39 is 0 Å². The summed E-state index contributed by atoms with van der Waals surface area (Å²) in [5.41, 5.74) is 2.60. The largest absolute Gasteiger partial charge is 0.332 e. The van der Waals surface area contributed by atoms with Gasteiger partial charge in [0.2, 0.25) is 5.82 Å². The summed E-state index contributed by atoms with van der Waals surface area (Å²) in [4.78, 5) is 5.37. The predicted octanol–water partition coefficient (Wildman–Crippen LogP) is 3.86. The highest BCUT2D eigenvalue weighted by molar-refractivity contribution is 7.13. The number of benzene rings is 1. The zero-order valence-corrected chi connectivity index (χ0v) is 11.7. The first-order chi connectivity index (χ1) is 10.4. The molecule has 102 valence electrons. The van der Waals surface area contributed by atoms with Crippen LogP contribution < -0.4 is 0 Å². The lowest BCUT2D eigenvalue weighted by atomic mass is 10.1. The summed E-state index contributed by atoms with van der Waals surface area (Å²) in [7, 11) is 0. The molecular formula is C15H10N4OS. The average Bonchev–Trinajstić information content (AvgIpc) is 3.27. The molecule has 0 aliphatic carbocycles. The smallest absolute Gasteiger partial charge is 0.276 e. The number of rotatable bonds is 3. The van der Waals surface area contributed by atoms with Crippen LogP contribution in [0, 0.1) is 0 Å². The van der Waals surface area contributed by atoms with Crippen molar-refractivity contribution >= 4 is 11.3 Å². The van der Waals surface area contributed by atoms with Crippen LogP contribution >= 0.6 is 11.3 Å². The molecule has 0 saturated carbocycles. The zero-order chi connectivity index (χ0) is 14.1. The number of hydrogen-bond acceptors (Lipinski definition) is 5. The Labute approximate surface area is 124 Å². The van der Waals surface area contributed by atoms with Gasteiger partial charge in [-0.3, -0.25) is 5.10 Å². The van der Waals surface area contributed by atoms with Crippen molar-refractivity contribution in [1.82, 2.24) is 20.3 Å². The van der Waals surface area contributed by atoms with E-state index in [1.165, 1.54) is 0 Å². The highest BCUT2D eigenvalue weighted by atomic mass is 32.1. The van der Waals surface area contributed by atoms with Gasteiger partial charge in [0.25, 0.3) is 5.89 Å². The molecule has 0 radical (unpaired) electrons. The minimum Gasteiger partial charge on any atom is -0.332 e. The third-order valence-corrected chi connectivity index (χ3v) is 3.91. The van der Waals surface area contributed by atoms with Crippen LogP contribution in [0.3, 0.4) is 0 Å². The summed E-state index contributed by atoms with van der Waals surface area (Å²) in [6.07, 6.45) is 0. The van der Waals surface area contributed by atoms with Gasteiger partial charge in [-0.25, -0.2) is 0 Å². The van der Waals surface area contributed by atoms with Gasteiger partial charge in [-0.15, -0.1) is 11.3 Å². The number of hydrogen-bond donors (Lipinski definition) is 1. The normalized spacial score (nSPS) is 10.9. The second-order valence-corrected chi connectivity index (χ2v) is 5.38. The van der Waals surface area contributed by atoms with Crippen molar-refractivity contribution in [2.45, 2.75) is 0 Å². The van der Waals surface area contributed by atoms with Gasteiger partial charge >= 0.3 is 0 Å². The Morgan fingerprint density at radius 2 is 1.95 bits per heavy atom. The summed E-state index contributed by atoms with van der Waals surface area (Å²) in [6.45, 7) is 0. The van der Waals surface area contributed by atoms with Crippen LogP contribution in [-0.2, 0) is 0 Å². The fraction of sp³-hybridized carbons (Fsp3) is 0. The molecule has 5 nitrogen and oxygen atoms in total. The van der Waals surface area contributed by atoms with E-state index in [0.29, 0.717) is 17.4 Å². The Bertz CT molecular complexity index is 849. The lowest BCUT2D eigenvalue weighted by Crippen LogP contribution is -1.78. The van der Waals surface area contributed by atoms with Crippen LogP contribution in [0.4, 0.5) is 0 Å². The molecule has 4 aromatic rings. The number of nitrogens with one attached hydrogen (secondary N) is 1. The Morgan fingerprint density at radius 1 is 1.05 bits per heavy atom. The van der Waals surface area contributed by atoms with E-state index in [0.717, 1.165) is 16.1 Å². The Balaban J connectivity index is 1.67. The van der Waals surface area contributed by atoms with Crippen molar-refractivity contribution in [1.29, 1.82) is 0 Å². The average molecular weight is 294 g/mol. The lowest BCUT2D eigenvalue weighted by Gasteiger charge is -1.92. The topological polar surface area (TPSA) is 67.6 Å². The van der Waals surface area contributed by atoms with Crippen LogP contribution in [0.2, 0.25) is 0 Å². The number of aromatic nitrogens is 4. The molecule has 0 fully saturated rings. The quantitative estimate of drug-likeness (QED) is 0.623. The molecule has 0 unspecified atom stereocenters. The minimum absolute atomic E-state index is 0.438. The first kappa shape index (κ1) is 12.0. The molecule has 0 atom stereocenters. The first-order valence-corrected chi connectivity index (χ1v) is 7.27. The number of H-pyrrole nitrogens is 1. The molecule has 0 bridgehead atoms. The van der Waals surface area contributed by atoms with Crippen LogP contribution in [0.5, 0.6) is 0 Å². The molecule has 3 heterocycles. The monoisotopic (exact) mass is 294 g/mol. The summed E-state index contributed by atoms with van der Waals surface area (Å²) in [6, 6.07) is 15.8. The number of thiophene rings is 1. The first-order valence-electron chi connectivity index (χ1n) is 6.39. The molecule has 1 N–H and O–H groups in total. The molecule has 0 amide bonds. The van der Waals surface area contributed by atoms with Gasteiger partial charge in [-0.05, 0) is 17.5 Å². The summed E-state index contributed by atoms with van der Waals surface area (Å²) < 4.78 is 5.30. The van der Waals surface area contributed by atoms with Crippen LogP contribution in [-0.4, -0.2) is 20.3 Å². The molecule has 21 heavy (non-hydrogen) atoms. The molecule has 0 aliphatic rings. The summed E-state index contributed by atoms with van der Waals surface area (Å²) >= 11 is 1.58. The number of nitrogens with zero attached hydrogens (tertiary/aromatic N) is 3. The zero-order valence-electron chi connectivity index (χ0n) is 10.9. The van der Waals surface area contributed by atoms with Gasteiger partial charge in [-0.2, -0.15) is 10.1 Å². The molecule has 6 heteroatoms. The maximum absolute atomic E-state index is 5.30. The lowest BCUT2D eigenvalue weighted by molar-refractivity contribution is 0.431. The highest BCUT2D eigenvalue weighted by Crippen LogP contribution is 2.26. The Hall–Kier alpha value is -2.73. The molecule has 4 rings (SSSR count). The van der Waals surface area contributed by atoms with Crippen molar-refractivity contribution < 1.29 is 4.52 Å². The van der Waals surface area contributed by atoms with Gasteiger partial charge in [-0.1, -0.05) is 41.6 Å². The SMILES string of the molecule is c1ccc(-c2cc(-c3nc(-c4cccs4)no3)[nH]n2)cc1. The molecule has 0 spiro atoms. The fourth-order valence-corrected chi connectivity index (χ4v) is 2.68. The second-order valence-electron chi connectivity index (χ2n) is 4.43. The van der Waals surface area contributed by atoms with E-state index in [4.69, 9.17) is 4.52 Å². The Kier molecular flexibility index (Phi) is 2.86. The van der Waals surface area contributed by atoms with E-state index in [1.807, 2.05) is 53.9 Å². The third-order valence-electron chi connectivity index (χ3n) is 3.05. The second kappa shape index (κ2) is 4.99. The fourth-order valence-electron chi connectivity index (χ4n) is 2.03. The molecule has 0 saturated heterocycles. The molecule has 0 aliphatic heterocycles. The summed E-state index contributed by atoms with van der Waals surface area (Å²) in [5, 5.41) is 13.2. The standard InChI is InChI=1S/C15H10N4OS/c1-2-5-10(6-3-1)11-9-12(18-17-11)15-16-14(19-20-15)13-7-4-8-21-13/h1-9H,(H,17,18). The van der Waals surface area contributed by atoms with Gasteiger partial charge in [0, 0.05) is 5.56 Å². The van der Waals surface area contributed by atoms with E-state index in [9.17, 15) is 0 Å². The minimum atomic E-state index is 0.438. The molecule has 1 aromatic carbocycles. The van der Waals surface area contributed by atoms with Gasteiger partial charge in [0.1, 0.15) is 5.69 Å². The van der Waals surface area contributed by atoms with Crippen molar-refractivity contribution in [3.05, 3.63) is 53.9 Å². The van der Waals surface area contributed by atoms with Crippen LogP contribution in [0.25, 0.3) is 33.5 Å². The van der Waals surface area contributed by atoms with Gasteiger partial charge < -0.3 is 4.52 Å². The van der Waals surface area contributed by atoms with Crippen LogP contribution in [0.15, 0.2) is 58.4 Å². The predicted molar refractivity (Wildman–Crippen MR) is 80.6 cm³/mol. The third kappa shape index (κ3) is 2.25. The molecule has 3 aromatic heterocycles. The Morgan fingerprint density at radius 3 is 2.76 bits per heavy atom.